The maximum atomic E-state index is 13.5. The summed E-state index contributed by atoms with van der Waals surface area (Å²) in [6, 6.07) is 11.1. The first kappa shape index (κ1) is 28.0. The number of rotatable bonds is 8. The highest BCUT2D eigenvalue weighted by Gasteiger charge is 2.32. The summed E-state index contributed by atoms with van der Waals surface area (Å²) in [6.45, 7) is 8.66. The summed E-state index contributed by atoms with van der Waals surface area (Å²) >= 11 is 12.3. The van der Waals surface area contributed by atoms with Crippen LogP contribution in [0.5, 0.6) is 0 Å². The molecule has 0 saturated heterocycles. The molecule has 0 saturated carbocycles. The zero-order chi connectivity index (χ0) is 25.8. The molecule has 0 spiro atoms. The van der Waals surface area contributed by atoms with Crippen molar-refractivity contribution in [3.8, 4) is 0 Å². The Morgan fingerprint density at radius 2 is 1.74 bits per heavy atom. The van der Waals surface area contributed by atoms with Gasteiger partial charge in [-0.2, -0.15) is 0 Å². The molecule has 0 radical (unpaired) electrons. The molecule has 0 aromatic heterocycles. The molecule has 7 nitrogen and oxygen atoms in total. The number of benzene rings is 2. The summed E-state index contributed by atoms with van der Waals surface area (Å²) in [5.74, 6) is -0.903. The highest BCUT2D eigenvalue weighted by molar-refractivity contribution is 7.92. The van der Waals surface area contributed by atoms with Gasteiger partial charge in [0.05, 0.1) is 17.0 Å². The number of anilines is 1. The molecule has 34 heavy (non-hydrogen) atoms. The van der Waals surface area contributed by atoms with Crippen molar-refractivity contribution in [3.05, 3.63) is 63.6 Å². The molecule has 0 aliphatic carbocycles. The van der Waals surface area contributed by atoms with Crippen molar-refractivity contribution in [2.45, 2.75) is 52.7 Å². The van der Waals surface area contributed by atoms with Crippen LogP contribution in [0.3, 0.4) is 0 Å². The lowest BCUT2D eigenvalue weighted by atomic mass is 10.1. The molecule has 2 aromatic rings. The van der Waals surface area contributed by atoms with Crippen molar-refractivity contribution >= 4 is 50.7 Å². The number of hydrogen-bond acceptors (Lipinski definition) is 4. The quantitative estimate of drug-likeness (QED) is 0.551. The minimum absolute atomic E-state index is 0.0901. The zero-order valence-corrected chi connectivity index (χ0v) is 22.6. The molecule has 0 unspecified atom stereocenters. The van der Waals surface area contributed by atoms with E-state index in [-0.39, 0.29) is 28.2 Å². The monoisotopic (exact) mass is 527 g/mol. The van der Waals surface area contributed by atoms with Crippen LogP contribution >= 0.6 is 23.2 Å². The number of nitrogens with zero attached hydrogens (tertiary/aromatic N) is 2. The van der Waals surface area contributed by atoms with E-state index < -0.39 is 34.1 Å². The second-order valence-corrected chi connectivity index (χ2v) is 12.0. The average molecular weight is 529 g/mol. The number of sulfonamides is 1. The maximum Gasteiger partial charge on any atom is 0.244 e. The van der Waals surface area contributed by atoms with Crippen molar-refractivity contribution < 1.29 is 18.0 Å². The number of halogens is 2. The van der Waals surface area contributed by atoms with Crippen molar-refractivity contribution in [1.82, 2.24) is 10.2 Å². The second-order valence-electron chi connectivity index (χ2n) is 9.29. The SMILES string of the molecule is Cc1cccc(CN(C(=O)CN(c2cc(Cl)ccc2Cl)S(C)(=O)=O)[C@H](C)C(=O)NC(C)(C)C)c1. The number of amides is 2. The fraction of sp³-hybridized carbons (Fsp3) is 0.417. The molecule has 2 amide bonds. The lowest BCUT2D eigenvalue weighted by Crippen LogP contribution is -2.54. The molecule has 2 rings (SSSR count). The van der Waals surface area contributed by atoms with E-state index in [1.165, 1.54) is 23.1 Å². The highest BCUT2D eigenvalue weighted by Crippen LogP contribution is 2.31. The normalized spacial score (nSPS) is 12.7. The molecule has 1 atom stereocenters. The van der Waals surface area contributed by atoms with Gasteiger partial charge in [0.15, 0.2) is 0 Å². The predicted octanol–water partition coefficient (Wildman–Crippen LogP) is 4.40. The lowest BCUT2D eigenvalue weighted by molar-refractivity contribution is -0.140. The summed E-state index contributed by atoms with van der Waals surface area (Å²) < 4.78 is 26.1. The van der Waals surface area contributed by atoms with E-state index in [1.54, 1.807) is 6.92 Å². The summed E-state index contributed by atoms with van der Waals surface area (Å²) in [7, 11) is -3.90. The minimum atomic E-state index is -3.90. The Labute approximate surface area is 212 Å². The van der Waals surface area contributed by atoms with Gasteiger partial charge >= 0.3 is 0 Å². The Hall–Kier alpha value is -2.29. The van der Waals surface area contributed by atoms with E-state index in [1.807, 2.05) is 52.0 Å². The van der Waals surface area contributed by atoms with Gasteiger partial charge in [-0.15, -0.1) is 0 Å². The number of nitrogens with one attached hydrogen (secondary N) is 1. The summed E-state index contributed by atoms with van der Waals surface area (Å²) in [4.78, 5) is 27.8. The molecule has 186 valence electrons. The Bertz CT molecular complexity index is 1160. The number of hydrogen-bond donors (Lipinski definition) is 1. The Balaban J connectivity index is 2.45. The van der Waals surface area contributed by atoms with E-state index in [0.29, 0.717) is 0 Å². The first-order chi connectivity index (χ1) is 15.6. The van der Waals surface area contributed by atoms with Gasteiger partial charge in [-0.25, -0.2) is 8.42 Å². The van der Waals surface area contributed by atoms with Crippen LogP contribution in [0.15, 0.2) is 42.5 Å². The number of carbonyl (C=O) groups is 2. The predicted molar refractivity (Wildman–Crippen MR) is 138 cm³/mol. The van der Waals surface area contributed by atoms with Gasteiger partial charge in [-0.05, 0) is 58.4 Å². The molecule has 10 heteroatoms. The van der Waals surface area contributed by atoms with E-state index >= 15 is 0 Å². The minimum Gasteiger partial charge on any atom is -0.350 e. The van der Waals surface area contributed by atoms with Crippen LogP contribution in [0.1, 0.15) is 38.8 Å². The third-order valence-electron chi connectivity index (χ3n) is 4.96. The van der Waals surface area contributed by atoms with Crippen LogP contribution in [-0.2, 0) is 26.2 Å². The largest absolute Gasteiger partial charge is 0.350 e. The first-order valence-electron chi connectivity index (χ1n) is 10.7. The van der Waals surface area contributed by atoms with E-state index in [0.717, 1.165) is 21.7 Å². The standard InChI is InChI=1S/C24H31Cl2N3O4S/c1-16-8-7-9-18(12-16)14-28(17(2)23(31)27-24(3,4)5)22(30)15-29(34(6,32)33)21-13-19(25)10-11-20(21)26/h7-13,17H,14-15H2,1-6H3,(H,27,31)/t17-/m1/s1. The third-order valence-corrected chi connectivity index (χ3v) is 6.64. The Morgan fingerprint density at radius 1 is 1.09 bits per heavy atom. The van der Waals surface area contributed by atoms with Crippen LogP contribution in [-0.4, -0.2) is 49.5 Å². The van der Waals surface area contributed by atoms with Crippen molar-refractivity contribution in [2.24, 2.45) is 0 Å². The molecular weight excluding hydrogens is 497 g/mol. The van der Waals surface area contributed by atoms with Crippen LogP contribution in [0.25, 0.3) is 0 Å². The van der Waals surface area contributed by atoms with Gasteiger partial charge in [0.1, 0.15) is 12.6 Å². The average Bonchev–Trinajstić information content (AvgIpc) is 2.69. The molecule has 0 aliphatic heterocycles. The maximum absolute atomic E-state index is 13.5. The molecular formula is C24H31Cl2N3O4S. The van der Waals surface area contributed by atoms with E-state index in [9.17, 15) is 18.0 Å². The number of aryl methyl sites for hydroxylation is 1. The van der Waals surface area contributed by atoms with Crippen LogP contribution in [0.4, 0.5) is 5.69 Å². The van der Waals surface area contributed by atoms with E-state index in [4.69, 9.17) is 23.2 Å². The van der Waals surface area contributed by atoms with Gasteiger partial charge in [-0.3, -0.25) is 13.9 Å². The molecule has 0 fully saturated rings. The zero-order valence-electron chi connectivity index (χ0n) is 20.2. The summed E-state index contributed by atoms with van der Waals surface area (Å²) in [5, 5.41) is 3.28. The lowest BCUT2D eigenvalue weighted by Gasteiger charge is -2.33. The second kappa shape index (κ2) is 11.0. The van der Waals surface area contributed by atoms with Crippen molar-refractivity contribution in [1.29, 1.82) is 0 Å². The third kappa shape index (κ3) is 7.89. The first-order valence-corrected chi connectivity index (χ1v) is 13.3. The van der Waals surface area contributed by atoms with Gasteiger partial charge < -0.3 is 10.2 Å². The van der Waals surface area contributed by atoms with Crippen molar-refractivity contribution in [2.75, 3.05) is 17.1 Å². The molecule has 1 N–H and O–H groups in total. The van der Waals surface area contributed by atoms with Gasteiger partial charge in [0.2, 0.25) is 21.8 Å². The van der Waals surface area contributed by atoms with Crippen LogP contribution < -0.4 is 9.62 Å². The van der Waals surface area contributed by atoms with Crippen molar-refractivity contribution in [3.63, 3.8) is 0 Å². The fourth-order valence-corrected chi connectivity index (χ4v) is 4.62. The summed E-state index contributed by atoms with van der Waals surface area (Å²) in [6.07, 6.45) is 0.984. The Kier molecular flexibility index (Phi) is 9.02. The van der Waals surface area contributed by atoms with Gasteiger partial charge in [-0.1, -0.05) is 53.0 Å². The smallest absolute Gasteiger partial charge is 0.244 e. The van der Waals surface area contributed by atoms with Gasteiger partial charge in [0, 0.05) is 17.1 Å². The van der Waals surface area contributed by atoms with Crippen LogP contribution in [0.2, 0.25) is 10.0 Å². The summed E-state index contributed by atoms with van der Waals surface area (Å²) in [5.41, 5.74) is 1.40. The van der Waals surface area contributed by atoms with Gasteiger partial charge in [0.25, 0.3) is 0 Å². The molecule has 0 bridgehead atoms. The number of carbonyl (C=O) groups excluding carboxylic acids is 2. The molecule has 0 aliphatic rings. The highest BCUT2D eigenvalue weighted by atomic mass is 35.5. The topological polar surface area (TPSA) is 86.8 Å². The Morgan fingerprint density at radius 3 is 2.29 bits per heavy atom. The van der Waals surface area contributed by atoms with Crippen LogP contribution in [0, 0.1) is 6.92 Å². The fourth-order valence-electron chi connectivity index (χ4n) is 3.34. The molecule has 0 heterocycles. The van der Waals surface area contributed by atoms with E-state index in [2.05, 4.69) is 5.32 Å². The molecule has 2 aromatic carbocycles.